The zero-order valence-corrected chi connectivity index (χ0v) is 56.2. The largest absolute Gasteiger partial charge is 0.393 e. The molecule has 0 saturated carbocycles. The SMILES string of the molecule is CCCC1NCC(C)CC(C=O)NC(C=O)(CC(C)C)N(C)C(=O)CN(C)C(=O)CC(O)CCC(CCN2CCOCC2)C(CC(N)=O)OC(CC(=O)NC)CCNC(=O)C(CC(C)C)NC(=O)C(CC(C)C)N(C)C(=O)C(C(C)C)OC(C)(C=O)NC1=O. The van der Waals surface area contributed by atoms with Gasteiger partial charge in [-0.05, 0) is 113 Å². The Labute approximate surface area is 529 Å². The van der Waals surface area contributed by atoms with Crippen molar-refractivity contribution in [2.75, 3.05) is 80.7 Å². The van der Waals surface area contributed by atoms with Crippen molar-refractivity contribution in [3.63, 3.8) is 0 Å². The molecule has 0 aromatic heterocycles. The highest BCUT2D eigenvalue weighted by molar-refractivity contribution is 5.93. The standard InChI is InChI=1S/C63H113N11O15/c1-16-17-49-59(84)70-62(11,38-76)89-57(43(8)9)61(86)72(14)51(29-41(4)5)60(85)68-50(28-40(2)3)58(83)66-22-20-48(32-54(80)65-12)88-52(33-53(64)79)45(21-23-74-24-26-87-27-25-74)18-19-47(78)31-55(81)71(13)36-56(82)73(15)63(39-77,34-42(6)7)69-46(37-75)30-44(10)35-67-49/h37-52,57,67,69,78H,16-36H2,1-15H3,(H2,64,79)(H,65,80)(H,66,83)(H,68,85)(H,70,84). The summed E-state index contributed by atoms with van der Waals surface area (Å²) in [6.07, 6.45) is -1.27. The van der Waals surface area contributed by atoms with Gasteiger partial charge in [-0.3, -0.25) is 58.2 Å². The molecular weight excluding hydrogens is 1150 g/mol. The van der Waals surface area contributed by atoms with Gasteiger partial charge >= 0.3 is 0 Å². The number of aliphatic hydroxyl groups is 1. The second kappa shape index (κ2) is 39.7. The minimum absolute atomic E-state index is 0.0371. The van der Waals surface area contributed by atoms with E-state index in [4.69, 9.17) is 19.9 Å². The van der Waals surface area contributed by atoms with Crippen molar-refractivity contribution >= 4 is 66.1 Å². The molecule has 2 rings (SSSR count). The molecule has 2 heterocycles. The fourth-order valence-electron chi connectivity index (χ4n) is 11.3. The number of nitrogens with zero attached hydrogens (tertiary/aromatic N) is 4. The normalized spacial score (nSPS) is 29.8. The number of amides is 8. The molecular formula is C63H113N11O15. The molecule has 89 heavy (non-hydrogen) atoms. The third-order valence-electron chi connectivity index (χ3n) is 16.5. The first-order chi connectivity index (χ1) is 41.8. The third kappa shape index (κ3) is 27.9. The van der Waals surface area contributed by atoms with Crippen LogP contribution in [0.15, 0.2) is 0 Å². The third-order valence-corrected chi connectivity index (χ3v) is 16.5. The summed E-state index contributed by atoms with van der Waals surface area (Å²) in [5, 5.41) is 29.0. The molecule has 0 bridgehead atoms. The number of aldehydes is 3. The van der Waals surface area contributed by atoms with Crippen molar-refractivity contribution in [2.24, 2.45) is 41.2 Å². The van der Waals surface area contributed by atoms with Gasteiger partial charge in [-0.1, -0.05) is 75.7 Å². The van der Waals surface area contributed by atoms with Gasteiger partial charge in [0.15, 0.2) is 24.0 Å². The number of hydrogen-bond donors (Lipinski definition) is 8. The van der Waals surface area contributed by atoms with E-state index in [1.54, 1.807) is 13.8 Å². The summed E-state index contributed by atoms with van der Waals surface area (Å²) in [7, 11) is 5.73. The van der Waals surface area contributed by atoms with Crippen LogP contribution in [0, 0.1) is 35.5 Å². The van der Waals surface area contributed by atoms with Gasteiger partial charge in [-0.2, -0.15) is 0 Å². The molecule has 12 unspecified atom stereocenters. The highest BCUT2D eigenvalue weighted by atomic mass is 16.5. The number of morpholine rings is 1. The molecule has 26 heteroatoms. The van der Waals surface area contributed by atoms with Gasteiger partial charge < -0.3 is 71.1 Å². The van der Waals surface area contributed by atoms with E-state index >= 15 is 0 Å². The van der Waals surface area contributed by atoms with Gasteiger partial charge in [0.1, 0.15) is 24.5 Å². The zero-order chi connectivity index (χ0) is 67.3. The van der Waals surface area contributed by atoms with Crippen molar-refractivity contribution in [2.45, 2.75) is 220 Å². The summed E-state index contributed by atoms with van der Waals surface area (Å²) in [6, 6.07) is -4.07. The van der Waals surface area contributed by atoms with Gasteiger partial charge in [0, 0.05) is 47.8 Å². The van der Waals surface area contributed by atoms with Crippen LogP contribution in [-0.4, -0.2) is 231 Å². The molecule has 0 aromatic carbocycles. The zero-order valence-electron chi connectivity index (χ0n) is 56.2. The van der Waals surface area contributed by atoms with Crippen LogP contribution in [0.1, 0.15) is 160 Å². The van der Waals surface area contributed by atoms with E-state index in [9.17, 15) is 57.8 Å². The second-order valence-electron chi connectivity index (χ2n) is 26.5. The van der Waals surface area contributed by atoms with Crippen LogP contribution in [0.4, 0.5) is 0 Å². The molecule has 2 saturated heterocycles. The van der Waals surface area contributed by atoms with Crippen LogP contribution in [-0.2, 0) is 67.0 Å². The van der Waals surface area contributed by atoms with Gasteiger partial charge in [-0.15, -0.1) is 0 Å². The average Bonchev–Trinajstić information content (AvgIpc) is 2.93. The van der Waals surface area contributed by atoms with Crippen molar-refractivity contribution in [1.29, 1.82) is 0 Å². The van der Waals surface area contributed by atoms with Crippen LogP contribution < -0.4 is 37.6 Å². The number of aliphatic hydroxyl groups excluding tert-OH is 1. The quantitative estimate of drug-likeness (QED) is 0.0848. The van der Waals surface area contributed by atoms with E-state index in [0.29, 0.717) is 71.0 Å². The first kappa shape index (κ1) is 79.6. The number of carbonyl (C=O) groups is 11. The van der Waals surface area contributed by atoms with Gasteiger partial charge in [0.25, 0.3) is 5.91 Å². The number of primary amides is 1. The van der Waals surface area contributed by atoms with E-state index in [2.05, 4.69) is 36.8 Å². The van der Waals surface area contributed by atoms with Crippen molar-refractivity contribution in [3.8, 4) is 0 Å². The van der Waals surface area contributed by atoms with Crippen LogP contribution in [0.2, 0.25) is 0 Å². The van der Waals surface area contributed by atoms with Gasteiger partial charge in [0.2, 0.25) is 41.4 Å². The van der Waals surface area contributed by atoms with Crippen LogP contribution in [0.5, 0.6) is 0 Å². The maximum atomic E-state index is 14.7. The van der Waals surface area contributed by atoms with Crippen molar-refractivity contribution in [3.05, 3.63) is 0 Å². The fourth-order valence-corrected chi connectivity index (χ4v) is 11.3. The Hall–Kier alpha value is -5.51. The second-order valence-corrected chi connectivity index (χ2v) is 26.5. The van der Waals surface area contributed by atoms with Crippen LogP contribution in [0.3, 0.4) is 0 Å². The maximum Gasteiger partial charge on any atom is 0.252 e. The molecule has 9 N–H and O–H groups in total. The average molecular weight is 1260 g/mol. The van der Waals surface area contributed by atoms with E-state index in [1.165, 1.54) is 44.9 Å². The molecule has 0 spiro atoms. The lowest BCUT2D eigenvalue weighted by atomic mass is 9.88. The maximum absolute atomic E-state index is 14.7. The Bertz CT molecular complexity index is 2270. The summed E-state index contributed by atoms with van der Waals surface area (Å²) in [6.45, 7) is 22.2. The molecule has 0 radical (unpaired) electrons. The van der Waals surface area contributed by atoms with Gasteiger partial charge in [0.05, 0.1) is 69.4 Å². The molecule has 2 fully saturated rings. The minimum atomic E-state index is -2.04. The summed E-state index contributed by atoms with van der Waals surface area (Å²) in [5.74, 6) is -6.47. The fraction of sp³-hybridized carbons (Fsp3) is 0.825. The predicted molar refractivity (Wildman–Crippen MR) is 336 cm³/mol. The van der Waals surface area contributed by atoms with Crippen molar-refractivity contribution in [1.82, 2.24) is 51.5 Å². The molecule has 26 nitrogen and oxygen atoms in total. The minimum Gasteiger partial charge on any atom is -0.393 e. The van der Waals surface area contributed by atoms with E-state index in [1.807, 2.05) is 55.4 Å². The predicted octanol–water partition coefficient (Wildman–Crippen LogP) is 1.42. The molecule has 8 amide bonds. The number of nitrogens with two attached hydrogens (primary N) is 1. The number of nitrogens with one attached hydrogen (secondary N) is 6. The van der Waals surface area contributed by atoms with Gasteiger partial charge in [-0.25, -0.2) is 0 Å². The molecule has 0 aromatic rings. The van der Waals surface area contributed by atoms with Crippen LogP contribution >= 0.6 is 0 Å². The lowest BCUT2D eigenvalue weighted by molar-refractivity contribution is -0.173. The first-order valence-corrected chi connectivity index (χ1v) is 32.1. The molecule has 2 aliphatic heterocycles. The van der Waals surface area contributed by atoms with Crippen molar-refractivity contribution < 1.29 is 72.1 Å². The van der Waals surface area contributed by atoms with E-state index in [0.717, 1.165) is 4.90 Å². The highest BCUT2D eigenvalue weighted by Gasteiger charge is 2.43. The first-order valence-electron chi connectivity index (χ1n) is 32.1. The monoisotopic (exact) mass is 1260 g/mol. The van der Waals surface area contributed by atoms with E-state index in [-0.39, 0.29) is 107 Å². The Morgan fingerprint density at radius 1 is 0.831 bits per heavy atom. The summed E-state index contributed by atoms with van der Waals surface area (Å²) < 4.78 is 18.6. The summed E-state index contributed by atoms with van der Waals surface area (Å²) in [5.41, 5.74) is 2.14. The number of likely N-dealkylation sites (N-methyl/N-ethyl adjacent to an activating group) is 3. The molecule has 12 atom stereocenters. The molecule has 510 valence electrons. The highest BCUT2D eigenvalue weighted by Crippen LogP contribution is 2.28. The number of hydrogen-bond acceptors (Lipinski definition) is 18. The number of carbonyl (C=O) groups excluding carboxylic acids is 11. The molecule has 2 aliphatic rings. The smallest absolute Gasteiger partial charge is 0.252 e. The topological polar surface area (TPSA) is 347 Å². The summed E-state index contributed by atoms with van der Waals surface area (Å²) in [4.78, 5) is 157. The van der Waals surface area contributed by atoms with E-state index < -0.39 is 120 Å². The Morgan fingerprint density at radius 3 is 2.03 bits per heavy atom. The summed E-state index contributed by atoms with van der Waals surface area (Å²) >= 11 is 0. The Balaban J connectivity index is 2.79. The Kier molecular flexibility index (Phi) is 35.5. The number of ether oxygens (including phenoxy) is 3. The lowest BCUT2D eigenvalue weighted by Crippen LogP contribution is -2.65. The van der Waals surface area contributed by atoms with Crippen LogP contribution in [0.25, 0.3) is 0 Å². The lowest BCUT2D eigenvalue weighted by Gasteiger charge is -2.42. The number of rotatable bonds is 19. The molecule has 0 aliphatic carbocycles. The Morgan fingerprint density at radius 2 is 1.48 bits per heavy atom.